The topological polar surface area (TPSA) is 107 Å². The second-order valence-corrected chi connectivity index (χ2v) is 6.15. The van der Waals surface area contributed by atoms with Crippen LogP contribution in [0.4, 0.5) is 9.93 Å². The molecular weight excluding hydrogens is 324 g/mol. The van der Waals surface area contributed by atoms with Crippen LogP contribution in [0.15, 0.2) is 30.3 Å². The van der Waals surface area contributed by atoms with Crippen LogP contribution in [0.2, 0.25) is 0 Å². The molecule has 0 aliphatic heterocycles. The number of carboxylic acid groups (broad SMARTS) is 1. The van der Waals surface area contributed by atoms with Gasteiger partial charge in [-0.3, -0.25) is 9.89 Å². The van der Waals surface area contributed by atoms with E-state index < -0.39 is 12.0 Å². The van der Waals surface area contributed by atoms with E-state index in [-0.39, 0.29) is 12.5 Å². The molecule has 1 heterocycles. The third-order valence-corrected chi connectivity index (χ3v) is 3.87. The van der Waals surface area contributed by atoms with Crippen molar-refractivity contribution in [1.29, 1.82) is 0 Å². The van der Waals surface area contributed by atoms with Crippen molar-refractivity contribution in [3.8, 4) is 0 Å². The van der Waals surface area contributed by atoms with Crippen molar-refractivity contribution in [2.24, 2.45) is 5.92 Å². The van der Waals surface area contributed by atoms with E-state index in [0.29, 0.717) is 15.5 Å². The molecule has 1 aromatic heterocycles. The average molecular weight is 338 g/mol. The number of hydrogen-bond acceptors (Lipinski definition) is 5. The third kappa shape index (κ3) is 4.93. The number of carbonyl (C=O) groups is 2. The Labute approximate surface area is 135 Å². The molecule has 0 bridgehead atoms. The second-order valence-electron chi connectivity index (χ2n) is 4.48. The van der Waals surface area contributed by atoms with Crippen LogP contribution in [0.1, 0.15) is 5.56 Å². The van der Waals surface area contributed by atoms with Crippen LogP contribution < -0.4 is 10.6 Å². The van der Waals surface area contributed by atoms with Gasteiger partial charge in [0, 0.05) is 6.54 Å². The van der Waals surface area contributed by atoms with E-state index in [9.17, 15) is 9.59 Å². The summed E-state index contributed by atoms with van der Waals surface area (Å²) in [4.78, 5) is 23.0. The van der Waals surface area contributed by atoms with Gasteiger partial charge < -0.3 is 15.7 Å². The van der Waals surface area contributed by atoms with Crippen molar-refractivity contribution in [2.45, 2.75) is 6.42 Å². The molecule has 0 saturated carbocycles. The van der Waals surface area contributed by atoms with Crippen molar-refractivity contribution in [2.75, 3.05) is 11.9 Å². The first-order chi connectivity index (χ1) is 10.5. The fraction of sp³-hybridized carbons (Fsp3) is 0.231. The summed E-state index contributed by atoms with van der Waals surface area (Å²) in [5.41, 5.74) is 0.949. The number of anilines is 1. The number of rotatable bonds is 6. The van der Waals surface area contributed by atoms with Gasteiger partial charge in [-0.25, -0.2) is 4.79 Å². The average Bonchev–Trinajstić information content (AvgIpc) is 2.89. The summed E-state index contributed by atoms with van der Waals surface area (Å²) in [6.45, 7) is 0.0197. The van der Waals surface area contributed by atoms with Crippen LogP contribution in [0.25, 0.3) is 0 Å². The lowest BCUT2D eigenvalue weighted by atomic mass is 9.98. The maximum absolute atomic E-state index is 12.3. The van der Waals surface area contributed by atoms with Crippen molar-refractivity contribution in [3.63, 3.8) is 0 Å². The minimum atomic E-state index is -1.17. The normalized spacial score (nSPS) is 11.6. The zero-order chi connectivity index (χ0) is 15.9. The predicted octanol–water partition coefficient (Wildman–Crippen LogP) is 2.27. The van der Waals surface area contributed by atoms with Crippen LogP contribution in [0.5, 0.6) is 0 Å². The Morgan fingerprint density at radius 1 is 1.36 bits per heavy atom. The Morgan fingerprint density at radius 3 is 2.68 bits per heavy atom. The number of H-pyrrole nitrogens is 1. The number of amides is 2. The van der Waals surface area contributed by atoms with Gasteiger partial charge in [-0.2, -0.15) is 0 Å². The standard InChI is InChI=1S/C13H14N4O3S2/c18-10(15-11-16-17-13(21)22-11)9(7-14-12(19)20)6-8-4-2-1-3-5-8/h1-5,9,14H,6-7H2,(H,17,21)(H,19,20)(H,15,16,18). The van der Waals surface area contributed by atoms with Crippen LogP contribution >= 0.6 is 23.6 Å². The van der Waals surface area contributed by atoms with E-state index in [1.807, 2.05) is 30.3 Å². The molecule has 0 spiro atoms. The molecule has 9 heteroatoms. The first-order valence-corrected chi connectivity index (χ1v) is 7.64. The maximum atomic E-state index is 12.3. The highest BCUT2D eigenvalue weighted by Gasteiger charge is 2.21. The van der Waals surface area contributed by atoms with Crippen LogP contribution in [-0.2, 0) is 11.2 Å². The van der Waals surface area contributed by atoms with Gasteiger partial charge in [0.15, 0.2) is 3.95 Å². The van der Waals surface area contributed by atoms with Gasteiger partial charge in [-0.1, -0.05) is 41.7 Å². The number of aromatic nitrogens is 2. The molecule has 7 nitrogen and oxygen atoms in total. The summed E-state index contributed by atoms with van der Waals surface area (Å²) in [6, 6.07) is 9.39. The largest absolute Gasteiger partial charge is 0.465 e. The molecule has 1 aromatic carbocycles. The Balaban J connectivity index is 2.06. The monoisotopic (exact) mass is 338 g/mol. The minimum Gasteiger partial charge on any atom is -0.465 e. The smallest absolute Gasteiger partial charge is 0.404 e. The lowest BCUT2D eigenvalue weighted by Gasteiger charge is -2.15. The summed E-state index contributed by atoms with van der Waals surface area (Å²) in [6.07, 6.45) is -0.746. The number of carbonyl (C=O) groups excluding carboxylic acids is 1. The van der Waals surface area contributed by atoms with Crippen LogP contribution in [0, 0.1) is 9.87 Å². The molecule has 1 atom stereocenters. The maximum Gasteiger partial charge on any atom is 0.404 e. The Morgan fingerprint density at radius 2 is 2.09 bits per heavy atom. The fourth-order valence-electron chi connectivity index (χ4n) is 1.86. The highest BCUT2D eigenvalue weighted by molar-refractivity contribution is 7.73. The minimum absolute atomic E-state index is 0.0197. The van der Waals surface area contributed by atoms with Crippen molar-refractivity contribution >= 4 is 40.7 Å². The number of nitrogens with zero attached hydrogens (tertiary/aromatic N) is 1. The Hall–Kier alpha value is -2.26. The first kappa shape index (κ1) is 16.1. The molecule has 22 heavy (non-hydrogen) atoms. The zero-order valence-electron chi connectivity index (χ0n) is 11.4. The van der Waals surface area contributed by atoms with Crippen LogP contribution in [-0.4, -0.2) is 33.8 Å². The lowest BCUT2D eigenvalue weighted by Crippen LogP contribution is -2.36. The quantitative estimate of drug-likeness (QED) is 0.604. The molecule has 1 unspecified atom stereocenters. The zero-order valence-corrected chi connectivity index (χ0v) is 13.0. The highest BCUT2D eigenvalue weighted by Crippen LogP contribution is 2.15. The van der Waals surface area contributed by atoms with Gasteiger partial charge in [-0.05, 0) is 24.2 Å². The molecule has 0 aliphatic rings. The van der Waals surface area contributed by atoms with E-state index in [4.69, 9.17) is 17.3 Å². The summed E-state index contributed by atoms with van der Waals surface area (Å²) in [5.74, 6) is -0.855. The Kier molecular flexibility index (Phi) is 5.61. The summed E-state index contributed by atoms with van der Waals surface area (Å²) in [5, 5.41) is 20.4. The molecule has 0 saturated heterocycles. The first-order valence-electron chi connectivity index (χ1n) is 6.41. The Bertz CT molecular complexity index is 699. The van der Waals surface area contributed by atoms with E-state index in [1.165, 1.54) is 0 Å². The van der Waals surface area contributed by atoms with Gasteiger partial charge in [0.2, 0.25) is 11.0 Å². The van der Waals surface area contributed by atoms with Gasteiger partial charge in [-0.15, -0.1) is 5.10 Å². The molecule has 2 rings (SSSR count). The number of aromatic amines is 1. The predicted molar refractivity (Wildman–Crippen MR) is 85.6 cm³/mol. The van der Waals surface area contributed by atoms with Crippen molar-refractivity contribution < 1.29 is 14.7 Å². The van der Waals surface area contributed by atoms with Gasteiger partial charge in [0.1, 0.15) is 0 Å². The highest BCUT2D eigenvalue weighted by atomic mass is 32.1. The van der Waals surface area contributed by atoms with Crippen molar-refractivity contribution in [1.82, 2.24) is 15.5 Å². The fourth-order valence-corrected chi connectivity index (χ4v) is 2.65. The van der Waals surface area contributed by atoms with E-state index in [2.05, 4.69) is 20.8 Å². The van der Waals surface area contributed by atoms with E-state index in [0.717, 1.165) is 16.9 Å². The van der Waals surface area contributed by atoms with Gasteiger partial charge in [0.25, 0.3) is 0 Å². The molecule has 4 N–H and O–H groups in total. The van der Waals surface area contributed by atoms with Gasteiger partial charge in [0.05, 0.1) is 5.92 Å². The molecule has 116 valence electrons. The molecule has 2 amide bonds. The van der Waals surface area contributed by atoms with E-state index >= 15 is 0 Å². The summed E-state index contributed by atoms with van der Waals surface area (Å²) < 4.78 is 0.457. The lowest BCUT2D eigenvalue weighted by molar-refractivity contribution is -0.119. The number of nitrogens with one attached hydrogen (secondary N) is 3. The number of hydrogen-bond donors (Lipinski definition) is 4. The molecule has 0 fully saturated rings. The molecule has 0 radical (unpaired) electrons. The summed E-state index contributed by atoms with van der Waals surface area (Å²) >= 11 is 6.04. The van der Waals surface area contributed by atoms with Crippen LogP contribution in [0.3, 0.4) is 0 Å². The second kappa shape index (κ2) is 7.66. The van der Waals surface area contributed by atoms with Gasteiger partial charge >= 0.3 is 6.09 Å². The SMILES string of the molecule is O=C(O)NCC(Cc1ccccc1)C(=O)Nc1n[nH]c(=S)s1. The number of benzene rings is 1. The van der Waals surface area contributed by atoms with Crippen molar-refractivity contribution in [3.05, 3.63) is 39.8 Å². The van der Waals surface area contributed by atoms with E-state index in [1.54, 1.807) is 0 Å². The molecule has 2 aromatic rings. The summed E-state index contributed by atoms with van der Waals surface area (Å²) in [7, 11) is 0. The molecular formula is C13H14N4O3S2. The third-order valence-electron chi connectivity index (χ3n) is 2.86. The molecule has 0 aliphatic carbocycles.